The van der Waals surface area contributed by atoms with Crippen LogP contribution < -0.4 is 10.1 Å². The average molecular weight is 358 g/mol. The lowest BCUT2D eigenvalue weighted by Gasteiger charge is -2.40. The minimum absolute atomic E-state index is 0.0680. The summed E-state index contributed by atoms with van der Waals surface area (Å²) in [6.45, 7) is 5.73. The Morgan fingerprint density at radius 3 is 2.36 bits per heavy atom. The number of ether oxygens (including phenoxy) is 1. The van der Waals surface area contributed by atoms with Crippen molar-refractivity contribution < 1.29 is 22.7 Å². The number of nitrogens with zero attached hydrogens (tertiary/aromatic N) is 1. The van der Waals surface area contributed by atoms with Gasteiger partial charge in [0, 0.05) is 26.1 Å². The van der Waals surface area contributed by atoms with Gasteiger partial charge in [-0.25, -0.2) is 0 Å². The summed E-state index contributed by atoms with van der Waals surface area (Å²) >= 11 is 0. The van der Waals surface area contributed by atoms with Crippen LogP contribution in [0.2, 0.25) is 0 Å². The van der Waals surface area contributed by atoms with Crippen molar-refractivity contribution in [3.8, 4) is 5.75 Å². The molecule has 25 heavy (non-hydrogen) atoms. The highest BCUT2D eigenvalue weighted by Gasteiger charge is 2.47. The first kappa shape index (κ1) is 19.6. The summed E-state index contributed by atoms with van der Waals surface area (Å²) in [5.74, 6) is 0.308. The van der Waals surface area contributed by atoms with Gasteiger partial charge in [-0.2, -0.15) is 13.2 Å². The second-order valence-electron chi connectivity index (χ2n) is 6.65. The molecule has 1 saturated heterocycles. The van der Waals surface area contributed by atoms with Gasteiger partial charge in [-0.05, 0) is 43.4 Å². The highest BCUT2D eigenvalue weighted by Crippen LogP contribution is 2.32. The molecule has 7 heteroatoms. The van der Waals surface area contributed by atoms with Crippen molar-refractivity contribution in [2.45, 2.75) is 58.4 Å². The molecule has 2 atom stereocenters. The van der Waals surface area contributed by atoms with Crippen LogP contribution in [0.15, 0.2) is 12.1 Å². The van der Waals surface area contributed by atoms with Crippen LogP contribution in [0.5, 0.6) is 5.75 Å². The van der Waals surface area contributed by atoms with Crippen LogP contribution >= 0.6 is 0 Å². The van der Waals surface area contributed by atoms with Crippen molar-refractivity contribution in [2.75, 3.05) is 13.7 Å². The highest BCUT2D eigenvalue weighted by atomic mass is 19.4. The molecule has 1 aromatic rings. The number of amides is 1. The van der Waals surface area contributed by atoms with Gasteiger partial charge in [-0.1, -0.05) is 12.1 Å². The van der Waals surface area contributed by atoms with Crippen LogP contribution in [0.25, 0.3) is 0 Å². The number of aryl methyl sites for hydroxylation is 2. The van der Waals surface area contributed by atoms with Gasteiger partial charge in [0.25, 0.3) is 0 Å². The van der Waals surface area contributed by atoms with E-state index in [1.165, 1.54) is 6.92 Å². The standard InChI is InChI=1S/C18H25F3N2O2/c1-11-7-14(8-12(2)17(11)25-4)9-22-15-5-6-16(18(19,20)21)23(10-15)13(3)24/h7-8,15-16,22H,5-6,9-10H2,1-4H3. The Hall–Kier alpha value is -1.76. The Morgan fingerprint density at radius 2 is 1.88 bits per heavy atom. The van der Waals surface area contributed by atoms with E-state index in [-0.39, 0.29) is 19.0 Å². The van der Waals surface area contributed by atoms with Crippen LogP contribution in [0.1, 0.15) is 36.5 Å². The summed E-state index contributed by atoms with van der Waals surface area (Å²) in [5.41, 5.74) is 3.08. The number of likely N-dealkylation sites (tertiary alicyclic amines) is 1. The predicted molar refractivity (Wildman–Crippen MR) is 89.6 cm³/mol. The number of nitrogens with one attached hydrogen (secondary N) is 1. The highest BCUT2D eigenvalue weighted by molar-refractivity contribution is 5.74. The molecular weight excluding hydrogens is 333 g/mol. The molecule has 4 nitrogen and oxygen atoms in total. The van der Waals surface area contributed by atoms with Gasteiger partial charge in [0.1, 0.15) is 11.8 Å². The Morgan fingerprint density at radius 1 is 1.28 bits per heavy atom. The average Bonchev–Trinajstić information content (AvgIpc) is 2.51. The fraction of sp³-hybridized carbons (Fsp3) is 0.611. The van der Waals surface area contributed by atoms with Crippen molar-refractivity contribution in [3.63, 3.8) is 0 Å². The SMILES string of the molecule is COc1c(C)cc(CNC2CCC(C(F)(F)F)N(C(C)=O)C2)cc1C. The second kappa shape index (κ2) is 7.64. The molecule has 2 rings (SSSR count). The maximum atomic E-state index is 13.1. The van der Waals surface area contributed by atoms with E-state index in [4.69, 9.17) is 4.74 Å². The fourth-order valence-electron chi connectivity index (χ4n) is 3.55. The van der Waals surface area contributed by atoms with E-state index in [0.29, 0.717) is 13.0 Å². The van der Waals surface area contributed by atoms with Crippen molar-refractivity contribution in [1.29, 1.82) is 0 Å². The number of rotatable bonds is 4. The number of alkyl halides is 3. The molecule has 0 saturated carbocycles. The lowest BCUT2D eigenvalue weighted by Crippen LogP contribution is -2.57. The summed E-state index contributed by atoms with van der Waals surface area (Å²) in [5, 5.41) is 3.28. The molecule has 0 aliphatic carbocycles. The molecule has 1 fully saturated rings. The third-order valence-electron chi connectivity index (χ3n) is 4.68. The van der Waals surface area contributed by atoms with E-state index in [9.17, 15) is 18.0 Å². The molecule has 1 aromatic carbocycles. The van der Waals surface area contributed by atoms with E-state index in [2.05, 4.69) is 5.32 Å². The first-order valence-electron chi connectivity index (χ1n) is 8.35. The molecule has 2 unspecified atom stereocenters. The molecule has 0 aromatic heterocycles. The van der Waals surface area contributed by atoms with Crippen molar-refractivity contribution >= 4 is 5.91 Å². The summed E-state index contributed by atoms with van der Waals surface area (Å²) in [7, 11) is 1.63. The smallest absolute Gasteiger partial charge is 0.408 e. The summed E-state index contributed by atoms with van der Waals surface area (Å²) in [4.78, 5) is 12.6. The predicted octanol–water partition coefficient (Wildman–Crippen LogP) is 3.34. The molecule has 0 spiro atoms. The lowest BCUT2D eigenvalue weighted by atomic mass is 9.97. The van der Waals surface area contributed by atoms with Gasteiger partial charge in [0.2, 0.25) is 5.91 Å². The fourth-order valence-corrected chi connectivity index (χ4v) is 3.55. The quantitative estimate of drug-likeness (QED) is 0.898. The summed E-state index contributed by atoms with van der Waals surface area (Å²) in [6.07, 6.45) is -4.05. The first-order chi connectivity index (χ1) is 11.6. The maximum Gasteiger partial charge on any atom is 0.408 e. The van der Waals surface area contributed by atoms with E-state index in [1.807, 2.05) is 26.0 Å². The molecule has 140 valence electrons. The van der Waals surface area contributed by atoms with Gasteiger partial charge < -0.3 is 15.0 Å². The minimum Gasteiger partial charge on any atom is -0.496 e. The lowest BCUT2D eigenvalue weighted by molar-refractivity contribution is -0.196. The third kappa shape index (κ3) is 4.66. The normalized spacial score (nSPS) is 21.3. The van der Waals surface area contributed by atoms with E-state index in [0.717, 1.165) is 27.3 Å². The van der Waals surface area contributed by atoms with Gasteiger partial charge in [-0.15, -0.1) is 0 Å². The number of benzene rings is 1. The van der Waals surface area contributed by atoms with Crippen molar-refractivity contribution in [2.24, 2.45) is 0 Å². The third-order valence-corrected chi connectivity index (χ3v) is 4.68. The molecule has 0 radical (unpaired) electrons. The van der Waals surface area contributed by atoms with Crippen molar-refractivity contribution in [1.82, 2.24) is 10.2 Å². The monoisotopic (exact) mass is 358 g/mol. The molecule has 1 heterocycles. The first-order valence-corrected chi connectivity index (χ1v) is 8.35. The van der Waals surface area contributed by atoms with Crippen molar-refractivity contribution in [3.05, 3.63) is 28.8 Å². The Bertz CT molecular complexity index is 608. The number of carbonyl (C=O) groups excluding carboxylic acids is 1. The Labute approximate surface area is 146 Å². The molecular formula is C18H25F3N2O2. The molecule has 0 bridgehead atoms. The summed E-state index contributed by atoms with van der Waals surface area (Å²) in [6, 6.07) is 2.19. The van der Waals surface area contributed by atoms with E-state index >= 15 is 0 Å². The number of carbonyl (C=O) groups is 1. The second-order valence-corrected chi connectivity index (χ2v) is 6.65. The zero-order valence-corrected chi connectivity index (χ0v) is 15.0. The van der Waals surface area contributed by atoms with Crippen LogP contribution in [0.3, 0.4) is 0 Å². The molecule has 1 amide bonds. The van der Waals surface area contributed by atoms with Crippen LogP contribution in [0.4, 0.5) is 13.2 Å². The zero-order valence-electron chi connectivity index (χ0n) is 15.0. The minimum atomic E-state index is -4.37. The molecule has 1 aliphatic rings. The van der Waals surface area contributed by atoms with E-state index in [1.54, 1.807) is 7.11 Å². The topological polar surface area (TPSA) is 41.6 Å². The van der Waals surface area contributed by atoms with E-state index < -0.39 is 18.1 Å². The number of hydrogen-bond donors (Lipinski definition) is 1. The van der Waals surface area contributed by atoms with Gasteiger partial charge in [0.15, 0.2) is 0 Å². The number of piperidine rings is 1. The molecule has 1 aliphatic heterocycles. The Balaban J connectivity index is 2.02. The van der Waals surface area contributed by atoms with Crippen LogP contribution in [0, 0.1) is 13.8 Å². The molecule has 1 N–H and O–H groups in total. The zero-order chi connectivity index (χ0) is 18.8. The van der Waals surface area contributed by atoms with Gasteiger partial charge in [-0.3, -0.25) is 4.79 Å². The Kier molecular flexibility index (Phi) is 5.98. The van der Waals surface area contributed by atoms with Crippen LogP contribution in [-0.4, -0.2) is 42.7 Å². The maximum absolute atomic E-state index is 13.1. The number of hydrogen-bond acceptors (Lipinski definition) is 3. The van der Waals surface area contributed by atoms with Gasteiger partial charge >= 0.3 is 6.18 Å². The number of methoxy groups -OCH3 is 1. The largest absolute Gasteiger partial charge is 0.496 e. The summed E-state index contributed by atoms with van der Waals surface area (Å²) < 4.78 is 44.5. The van der Waals surface area contributed by atoms with Crippen LogP contribution in [-0.2, 0) is 11.3 Å². The number of halogens is 3. The van der Waals surface area contributed by atoms with Gasteiger partial charge in [0.05, 0.1) is 7.11 Å².